The highest BCUT2D eigenvalue weighted by atomic mass is 16.4. The predicted molar refractivity (Wildman–Crippen MR) is 74.9 cm³/mol. The van der Waals surface area contributed by atoms with E-state index < -0.39 is 0 Å². The highest BCUT2D eigenvalue weighted by Crippen LogP contribution is 2.32. The van der Waals surface area contributed by atoms with Gasteiger partial charge in [-0.1, -0.05) is 19.1 Å². The molecule has 3 rings (SSSR count). The highest BCUT2D eigenvalue weighted by Gasteiger charge is 2.22. The molecule has 1 fully saturated rings. The molecule has 2 aromatic rings. The normalized spacial score (nSPS) is 22.6. The summed E-state index contributed by atoms with van der Waals surface area (Å²) in [7, 11) is 0. The van der Waals surface area contributed by atoms with Gasteiger partial charge in [-0.3, -0.25) is 0 Å². The van der Waals surface area contributed by atoms with Crippen LogP contribution in [0.5, 0.6) is 0 Å². The molecule has 1 N–H and O–H groups in total. The maximum Gasteiger partial charge on any atom is 0.249 e. The Balaban J connectivity index is 1.85. The summed E-state index contributed by atoms with van der Waals surface area (Å²) in [6, 6.07) is 8.69. The third-order valence-electron chi connectivity index (χ3n) is 3.74. The van der Waals surface area contributed by atoms with E-state index in [0.717, 1.165) is 17.2 Å². The number of anilines is 1. The van der Waals surface area contributed by atoms with Gasteiger partial charge in [0.05, 0.1) is 5.56 Å². The minimum Gasteiger partial charge on any atom is -0.421 e. The van der Waals surface area contributed by atoms with Crippen molar-refractivity contribution in [3.05, 3.63) is 30.2 Å². The molecule has 1 aliphatic rings. The second-order valence-corrected chi connectivity index (χ2v) is 5.43. The first-order valence-electron chi connectivity index (χ1n) is 6.88. The molecule has 1 aromatic carbocycles. The summed E-state index contributed by atoms with van der Waals surface area (Å²) in [5.41, 5.74) is 2.08. The Labute approximate surface area is 113 Å². The summed E-state index contributed by atoms with van der Waals surface area (Å²) < 4.78 is 5.53. The van der Waals surface area contributed by atoms with Crippen molar-refractivity contribution in [1.29, 1.82) is 0 Å². The summed E-state index contributed by atoms with van der Waals surface area (Å²) in [6.45, 7) is 4.13. The van der Waals surface area contributed by atoms with Crippen LogP contribution in [0, 0.1) is 12.8 Å². The van der Waals surface area contributed by atoms with Gasteiger partial charge in [-0.2, -0.15) is 0 Å². The Morgan fingerprint density at radius 3 is 2.74 bits per heavy atom. The number of aromatic nitrogens is 2. The summed E-state index contributed by atoms with van der Waals surface area (Å²) in [5.74, 6) is 2.00. The van der Waals surface area contributed by atoms with Crippen molar-refractivity contribution in [2.45, 2.75) is 39.2 Å². The van der Waals surface area contributed by atoms with Crippen molar-refractivity contribution in [2.75, 3.05) is 5.32 Å². The van der Waals surface area contributed by atoms with Crippen molar-refractivity contribution in [3.8, 4) is 11.5 Å². The lowest BCUT2D eigenvalue weighted by Gasteiger charge is -2.16. The van der Waals surface area contributed by atoms with Crippen molar-refractivity contribution in [1.82, 2.24) is 10.2 Å². The molecule has 0 spiro atoms. The van der Waals surface area contributed by atoms with Gasteiger partial charge in [0.1, 0.15) is 0 Å². The van der Waals surface area contributed by atoms with Gasteiger partial charge in [0.2, 0.25) is 11.8 Å². The molecule has 2 unspecified atom stereocenters. The smallest absolute Gasteiger partial charge is 0.249 e. The fourth-order valence-corrected chi connectivity index (χ4v) is 2.76. The van der Waals surface area contributed by atoms with Crippen LogP contribution in [0.4, 0.5) is 5.69 Å². The van der Waals surface area contributed by atoms with Crippen LogP contribution < -0.4 is 5.32 Å². The molecule has 0 amide bonds. The van der Waals surface area contributed by atoms with E-state index in [0.29, 0.717) is 17.8 Å². The van der Waals surface area contributed by atoms with Crippen LogP contribution in [-0.4, -0.2) is 16.2 Å². The fraction of sp³-hybridized carbons (Fsp3) is 0.467. The van der Waals surface area contributed by atoms with Crippen molar-refractivity contribution < 1.29 is 4.42 Å². The second kappa shape index (κ2) is 5.03. The lowest BCUT2D eigenvalue weighted by Crippen LogP contribution is -2.15. The number of benzene rings is 1. The van der Waals surface area contributed by atoms with Gasteiger partial charge in [0, 0.05) is 18.7 Å². The van der Waals surface area contributed by atoms with Crippen LogP contribution in [0.25, 0.3) is 11.5 Å². The summed E-state index contributed by atoms with van der Waals surface area (Å²) >= 11 is 0. The number of para-hydroxylation sites is 1. The standard InChI is InChI=1S/C15H19N3O/c1-10-7-8-12(9-10)16-14-6-4-3-5-13(14)15-18-17-11(2)19-15/h3-6,10,12,16H,7-9H2,1-2H3. The molecule has 19 heavy (non-hydrogen) atoms. The lowest BCUT2D eigenvalue weighted by atomic mass is 10.1. The van der Waals surface area contributed by atoms with E-state index in [1.807, 2.05) is 25.1 Å². The van der Waals surface area contributed by atoms with Crippen molar-refractivity contribution in [2.24, 2.45) is 5.92 Å². The highest BCUT2D eigenvalue weighted by molar-refractivity contribution is 5.72. The number of hydrogen-bond acceptors (Lipinski definition) is 4. The Morgan fingerprint density at radius 2 is 2.05 bits per heavy atom. The average molecular weight is 257 g/mol. The number of rotatable bonds is 3. The van der Waals surface area contributed by atoms with Gasteiger partial charge >= 0.3 is 0 Å². The molecule has 4 nitrogen and oxygen atoms in total. The van der Waals surface area contributed by atoms with Gasteiger partial charge in [-0.25, -0.2) is 0 Å². The van der Waals surface area contributed by atoms with Crippen molar-refractivity contribution >= 4 is 5.69 Å². The molecule has 1 saturated carbocycles. The summed E-state index contributed by atoms with van der Waals surface area (Å²) in [6.07, 6.45) is 3.77. The first-order chi connectivity index (χ1) is 9.22. The van der Waals surface area contributed by atoms with Crippen LogP contribution in [0.3, 0.4) is 0 Å². The maximum atomic E-state index is 5.53. The SMILES string of the molecule is Cc1nnc(-c2ccccc2NC2CCC(C)C2)o1. The van der Waals surface area contributed by atoms with E-state index >= 15 is 0 Å². The van der Waals surface area contributed by atoms with Gasteiger partial charge in [0.25, 0.3) is 0 Å². The zero-order valence-electron chi connectivity index (χ0n) is 11.4. The second-order valence-electron chi connectivity index (χ2n) is 5.43. The Bertz CT molecular complexity index is 564. The van der Waals surface area contributed by atoms with Gasteiger partial charge < -0.3 is 9.73 Å². The van der Waals surface area contributed by atoms with Gasteiger partial charge in [0.15, 0.2) is 0 Å². The molecular formula is C15H19N3O. The number of nitrogens with one attached hydrogen (secondary N) is 1. The molecule has 0 radical (unpaired) electrons. The van der Waals surface area contributed by atoms with E-state index in [9.17, 15) is 0 Å². The molecule has 2 atom stereocenters. The number of aryl methyl sites for hydroxylation is 1. The van der Waals surface area contributed by atoms with E-state index in [1.165, 1.54) is 19.3 Å². The van der Waals surface area contributed by atoms with E-state index in [4.69, 9.17) is 4.42 Å². The lowest BCUT2D eigenvalue weighted by molar-refractivity contribution is 0.533. The maximum absolute atomic E-state index is 5.53. The zero-order valence-corrected chi connectivity index (χ0v) is 11.4. The molecule has 0 saturated heterocycles. The molecule has 4 heteroatoms. The third-order valence-corrected chi connectivity index (χ3v) is 3.74. The summed E-state index contributed by atoms with van der Waals surface area (Å²) in [4.78, 5) is 0. The fourth-order valence-electron chi connectivity index (χ4n) is 2.76. The van der Waals surface area contributed by atoms with E-state index in [2.05, 4.69) is 28.5 Å². The largest absolute Gasteiger partial charge is 0.421 e. The van der Waals surface area contributed by atoms with Crippen LogP contribution in [0.2, 0.25) is 0 Å². The third kappa shape index (κ3) is 2.62. The summed E-state index contributed by atoms with van der Waals surface area (Å²) in [5, 5.41) is 11.6. The molecule has 0 bridgehead atoms. The Hall–Kier alpha value is -1.84. The van der Waals surface area contributed by atoms with E-state index in [-0.39, 0.29) is 0 Å². The average Bonchev–Trinajstić information content (AvgIpc) is 2.99. The molecule has 1 aliphatic carbocycles. The monoisotopic (exact) mass is 257 g/mol. The Morgan fingerprint density at radius 1 is 1.21 bits per heavy atom. The first-order valence-corrected chi connectivity index (χ1v) is 6.88. The van der Waals surface area contributed by atoms with Crippen LogP contribution in [0.1, 0.15) is 32.1 Å². The van der Waals surface area contributed by atoms with E-state index in [1.54, 1.807) is 0 Å². The molecule has 1 aromatic heterocycles. The Kier molecular flexibility index (Phi) is 3.23. The van der Waals surface area contributed by atoms with Gasteiger partial charge in [-0.05, 0) is 37.3 Å². The van der Waals surface area contributed by atoms with Crippen LogP contribution in [0.15, 0.2) is 28.7 Å². The van der Waals surface area contributed by atoms with Gasteiger partial charge in [-0.15, -0.1) is 10.2 Å². The predicted octanol–water partition coefficient (Wildman–Crippen LogP) is 3.65. The molecule has 1 heterocycles. The minimum atomic E-state index is 0.556. The van der Waals surface area contributed by atoms with Crippen LogP contribution >= 0.6 is 0 Å². The zero-order chi connectivity index (χ0) is 13.2. The number of nitrogens with zero attached hydrogens (tertiary/aromatic N) is 2. The van der Waals surface area contributed by atoms with Crippen molar-refractivity contribution in [3.63, 3.8) is 0 Å². The molecular weight excluding hydrogens is 238 g/mol. The van der Waals surface area contributed by atoms with Crippen LogP contribution in [-0.2, 0) is 0 Å². The molecule has 100 valence electrons. The minimum absolute atomic E-state index is 0.556. The topological polar surface area (TPSA) is 51.0 Å². The quantitative estimate of drug-likeness (QED) is 0.912. The number of hydrogen-bond donors (Lipinski definition) is 1. The first kappa shape index (κ1) is 12.2. The molecule has 0 aliphatic heterocycles.